The van der Waals surface area contributed by atoms with Gasteiger partial charge in [-0.05, 0) is 25.8 Å². The summed E-state index contributed by atoms with van der Waals surface area (Å²) in [5.74, 6) is -3.27. The summed E-state index contributed by atoms with van der Waals surface area (Å²) in [6.45, 7) is 0.262. The van der Waals surface area contributed by atoms with Gasteiger partial charge in [-0.3, -0.25) is 9.59 Å². The minimum atomic E-state index is -1.06. The van der Waals surface area contributed by atoms with E-state index in [2.05, 4.69) is 9.47 Å². The molecule has 2 atom stereocenters. The van der Waals surface area contributed by atoms with Crippen molar-refractivity contribution in [1.29, 1.82) is 0 Å². The van der Waals surface area contributed by atoms with Crippen LogP contribution < -0.4 is 22.9 Å². The quantitative estimate of drug-likeness (QED) is 0.249. The van der Waals surface area contributed by atoms with Crippen LogP contribution in [0.3, 0.4) is 0 Å². The molecule has 0 aromatic heterocycles. The zero-order valence-electron chi connectivity index (χ0n) is 12.9. The molecule has 0 rings (SSSR count). The number of carbonyl (C=O) groups is 4. The van der Waals surface area contributed by atoms with Crippen LogP contribution in [-0.4, -0.2) is 49.1 Å². The zero-order valence-corrected chi connectivity index (χ0v) is 12.9. The predicted molar refractivity (Wildman–Crippen MR) is 79.3 cm³/mol. The van der Waals surface area contributed by atoms with Gasteiger partial charge >= 0.3 is 23.9 Å². The highest BCUT2D eigenvalue weighted by Crippen LogP contribution is 2.04. The van der Waals surface area contributed by atoms with E-state index in [9.17, 15) is 19.2 Å². The molecule has 0 radical (unpaired) electrons. The maximum absolute atomic E-state index is 11.4. The second-order valence-corrected chi connectivity index (χ2v) is 4.81. The molecule has 0 amide bonds. The van der Waals surface area contributed by atoms with Gasteiger partial charge in [0.25, 0.3) is 0 Å². The second-order valence-electron chi connectivity index (χ2n) is 4.81. The summed E-state index contributed by atoms with van der Waals surface area (Å²) in [4.78, 5) is 45.3. The first kappa shape index (κ1) is 21.1. The molecule has 0 fully saturated rings. The Kier molecular flexibility index (Phi) is 10.7. The largest absolute Gasteiger partial charge is 0.392 e. The summed E-state index contributed by atoms with van der Waals surface area (Å²) < 4.78 is 8.97. The van der Waals surface area contributed by atoms with Crippen molar-refractivity contribution in [1.82, 2.24) is 0 Å². The molecule has 0 saturated carbocycles. The highest BCUT2D eigenvalue weighted by atomic mass is 16.6. The molecular weight excluding hydrogens is 308 g/mol. The Bertz CT molecular complexity index is 429. The van der Waals surface area contributed by atoms with E-state index in [0.29, 0.717) is 0 Å². The second kappa shape index (κ2) is 11.7. The van der Waals surface area contributed by atoms with Gasteiger partial charge in [0.15, 0.2) is 0 Å². The lowest BCUT2D eigenvalue weighted by molar-refractivity contribution is -0.163. The molecule has 10 nitrogen and oxygen atoms in total. The van der Waals surface area contributed by atoms with E-state index >= 15 is 0 Å². The van der Waals surface area contributed by atoms with Crippen molar-refractivity contribution in [3.8, 4) is 0 Å². The fourth-order valence-electron chi connectivity index (χ4n) is 1.48. The van der Waals surface area contributed by atoms with E-state index in [-0.39, 0.29) is 45.2 Å². The van der Waals surface area contributed by atoms with Gasteiger partial charge < -0.3 is 32.4 Å². The predicted octanol–water partition coefficient (Wildman–Crippen LogP) is -2.35. The highest BCUT2D eigenvalue weighted by Gasteiger charge is 2.21. The lowest BCUT2D eigenvalue weighted by Crippen LogP contribution is -2.36. The molecule has 10 heteroatoms. The van der Waals surface area contributed by atoms with Gasteiger partial charge in [0.05, 0.1) is 6.42 Å². The van der Waals surface area contributed by atoms with Gasteiger partial charge in [0.1, 0.15) is 12.1 Å². The number of carbonyl (C=O) groups excluding carboxylic acids is 4. The third-order valence-electron chi connectivity index (χ3n) is 2.76. The van der Waals surface area contributed by atoms with Crippen molar-refractivity contribution in [3.63, 3.8) is 0 Å². The maximum atomic E-state index is 11.4. The van der Waals surface area contributed by atoms with Crippen LogP contribution in [0.4, 0.5) is 0 Å². The van der Waals surface area contributed by atoms with E-state index in [0.717, 1.165) is 0 Å². The van der Waals surface area contributed by atoms with E-state index in [4.69, 9.17) is 22.9 Å². The van der Waals surface area contributed by atoms with Crippen LogP contribution in [0.15, 0.2) is 0 Å². The smallest absolute Gasteiger partial charge is 0.330 e. The number of ether oxygens (including phenoxy) is 2. The van der Waals surface area contributed by atoms with Crippen molar-refractivity contribution >= 4 is 23.9 Å². The SMILES string of the molecule is NCCC(=O)OC(=O)C(N)CCCC(=O)OC(=O)C(N)CCN. The standard InChI is InChI=1S/C13H24N4O6/c14-6-4-9(17)13(21)22-10(18)3-1-2-8(16)12(20)23-11(19)5-7-15/h8-9H,1-7,14-17H2. The van der Waals surface area contributed by atoms with Crippen molar-refractivity contribution in [2.45, 2.75) is 44.2 Å². The Morgan fingerprint density at radius 1 is 0.739 bits per heavy atom. The number of hydrogen-bond acceptors (Lipinski definition) is 10. The van der Waals surface area contributed by atoms with Gasteiger partial charge in [-0.1, -0.05) is 0 Å². The Hall–Kier alpha value is -1.88. The Balaban J connectivity index is 4.00. The lowest BCUT2D eigenvalue weighted by atomic mass is 10.1. The topological polar surface area (TPSA) is 191 Å². The number of nitrogens with two attached hydrogens (primary N) is 4. The third-order valence-corrected chi connectivity index (χ3v) is 2.76. The summed E-state index contributed by atoms with van der Waals surface area (Å²) in [5.41, 5.74) is 21.3. The first-order chi connectivity index (χ1) is 10.8. The Labute approximate surface area is 133 Å². The van der Waals surface area contributed by atoms with E-state index in [1.807, 2.05) is 0 Å². The van der Waals surface area contributed by atoms with Crippen molar-refractivity contribution in [3.05, 3.63) is 0 Å². The monoisotopic (exact) mass is 332 g/mol. The highest BCUT2D eigenvalue weighted by molar-refractivity contribution is 5.89. The van der Waals surface area contributed by atoms with E-state index in [1.54, 1.807) is 0 Å². The molecule has 0 aromatic rings. The molecule has 0 aliphatic heterocycles. The van der Waals surface area contributed by atoms with E-state index in [1.165, 1.54) is 0 Å². The van der Waals surface area contributed by atoms with Gasteiger partial charge in [-0.2, -0.15) is 0 Å². The fourth-order valence-corrected chi connectivity index (χ4v) is 1.48. The summed E-state index contributed by atoms with van der Waals surface area (Å²) in [6, 6.07) is -2.01. The fraction of sp³-hybridized carbons (Fsp3) is 0.692. The van der Waals surface area contributed by atoms with Crippen molar-refractivity contribution < 1.29 is 28.7 Å². The van der Waals surface area contributed by atoms with Crippen molar-refractivity contribution in [2.75, 3.05) is 13.1 Å². The lowest BCUT2D eigenvalue weighted by Gasteiger charge is -2.11. The normalized spacial score (nSPS) is 13.0. The molecule has 0 aliphatic rings. The Morgan fingerprint density at radius 2 is 1.22 bits per heavy atom. The zero-order chi connectivity index (χ0) is 17.8. The molecule has 8 N–H and O–H groups in total. The minimum absolute atomic E-state index is 0.0630. The molecular formula is C13H24N4O6. The molecule has 0 aromatic carbocycles. The minimum Gasteiger partial charge on any atom is -0.392 e. The Morgan fingerprint density at radius 3 is 1.70 bits per heavy atom. The summed E-state index contributed by atoms with van der Waals surface area (Å²) in [6.07, 6.45) is 0.265. The van der Waals surface area contributed by atoms with Gasteiger partial charge in [-0.15, -0.1) is 0 Å². The summed E-state index contributed by atoms with van der Waals surface area (Å²) >= 11 is 0. The number of hydrogen-bond donors (Lipinski definition) is 4. The first-order valence-corrected chi connectivity index (χ1v) is 7.22. The van der Waals surface area contributed by atoms with Crippen molar-refractivity contribution in [2.24, 2.45) is 22.9 Å². The molecule has 0 aliphatic carbocycles. The molecule has 0 saturated heterocycles. The average molecular weight is 332 g/mol. The summed E-state index contributed by atoms with van der Waals surface area (Å²) in [7, 11) is 0. The molecule has 0 spiro atoms. The van der Waals surface area contributed by atoms with Crippen LogP contribution in [0.1, 0.15) is 32.1 Å². The van der Waals surface area contributed by atoms with Crippen LogP contribution in [0.5, 0.6) is 0 Å². The van der Waals surface area contributed by atoms with Gasteiger partial charge in [0, 0.05) is 13.0 Å². The number of rotatable bonds is 10. The van der Waals surface area contributed by atoms with Crippen LogP contribution in [0.25, 0.3) is 0 Å². The van der Waals surface area contributed by atoms with Crippen LogP contribution >= 0.6 is 0 Å². The van der Waals surface area contributed by atoms with Crippen LogP contribution in [-0.2, 0) is 28.7 Å². The maximum Gasteiger partial charge on any atom is 0.330 e. The molecule has 132 valence electrons. The molecule has 2 unspecified atom stereocenters. The van der Waals surface area contributed by atoms with E-state index < -0.39 is 36.0 Å². The van der Waals surface area contributed by atoms with Crippen LogP contribution in [0.2, 0.25) is 0 Å². The van der Waals surface area contributed by atoms with Gasteiger partial charge in [-0.25, -0.2) is 9.59 Å². The first-order valence-electron chi connectivity index (χ1n) is 7.22. The molecule has 0 heterocycles. The van der Waals surface area contributed by atoms with Gasteiger partial charge in [0.2, 0.25) is 0 Å². The third kappa shape index (κ3) is 9.68. The van der Waals surface area contributed by atoms with Crippen LogP contribution in [0, 0.1) is 0 Å². The average Bonchev–Trinajstić information content (AvgIpc) is 2.47. The molecule has 0 bridgehead atoms. The molecule has 23 heavy (non-hydrogen) atoms. The summed E-state index contributed by atoms with van der Waals surface area (Å²) in [5, 5.41) is 0. The number of esters is 4.